The molecule has 1 N–H and O–H groups in total. The van der Waals surface area contributed by atoms with Crippen LogP contribution in [0.3, 0.4) is 0 Å². The predicted molar refractivity (Wildman–Crippen MR) is 134 cm³/mol. The van der Waals surface area contributed by atoms with Gasteiger partial charge >= 0.3 is 0 Å². The third-order valence-corrected chi connectivity index (χ3v) is 6.53. The molecule has 0 aliphatic carbocycles. The maximum atomic E-state index is 13.2. The zero-order valence-electron chi connectivity index (χ0n) is 20.3. The van der Waals surface area contributed by atoms with E-state index in [0.717, 1.165) is 57.7 Å². The molecule has 2 fully saturated rings. The standard InChI is InChI=1S/C28H34N2O5/c1-2-3-18-35-23-12-10-22(11-13-23)26(31)24-25(21-8-5-4-6-9-21)30(28(33)27(24)32)15-7-14-29-16-19-34-20-17-29/h4-6,8-13,25,31H,2-3,7,14-20H2,1H3/b26-24+. The molecule has 2 aliphatic heterocycles. The third-order valence-electron chi connectivity index (χ3n) is 6.53. The first-order valence-electron chi connectivity index (χ1n) is 12.5. The van der Waals surface area contributed by atoms with E-state index in [9.17, 15) is 14.7 Å². The van der Waals surface area contributed by atoms with Crippen LogP contribution in [0.25, 0.3) is 5.76 Å². The van der Waals surface area contributed by atoms with Gasteiger partial charge in [0.1, 0.15) is 11.5 Å². The number of nitrogens with zero attached hydrogens (tertiary/aromatic N) is 2. The molecule has 2 aromatic rings. The highest BCUT2D eigenvalue weighted by molar-refractivity contribution is 6.46. The average Bonchev–Trinajstić information content (AvgIpc) is 3.15. The molecule has 1 amide bonds. The Bertz CT molecular complexity index is 1030. The summed E-state index contributed by atoms with van der Waals surface area (Å²) < 4.78 is 11.1. The summed E-state index contributed by atoms with van der Waals surface area (Å²) >= 11 is 0. The largest absolute Gasteiger partial charge is 0.507 e. The van der Waals surface area contributed by atoms with Crippen LogP contribution >= 0.6 is 0 Å². The van der Waals surface area contributed by atoms with Crippen LogP contribution in [0.1, 0.15) is 43.4 Å². The number of rotatable bonds is 10. The molecule has 7 nitrogen and oxygen atoms in total. The lowest BCUT2D eigenvalue weighted by Crippen LogP contribution is -2.38. The molecule has 0 bridgehead atoms. The summed E-state index contributed by atoms with van der Waals surface area (Å²) in [6.45, 7) is 7.18. The van der Waals surface area contributed by atoms with E-state index in [4.69, 9.17) is 9.47 Å². The Morgan fingerprint density at radius 2 is 1.71 bits per heavy atom. The minimum absolute atomic E-state index is 0.132. The first-order valence-corrected chi connectivity index (χ1v) is 12.5. The number of aliphatic hydroxyl groups excluding tert-OH is 1. The molecule has 1 unspecified atom stereocenters. The van der Waals surface area contributed by atoms with Crippen LogP contribution in [0, 0.1) is 0 Å². The number of aliphatic hydroxyl groups is 1. The van der Waals surface area contributed by atoms with Crippen molar-refractivity contribution in [1.82, 2.24) is 9.80 Å². The summed E-state index contributed by atoms with van der Waals surface area (Å²) in [6.07, 6.45) is 2.75. The molecule has 2 aromatic carbocycles. The molecule has 0 saturated carbocycles. The Labute approximate surface area is 206 Å². The number of amides is 1. The van der Waals surface area contributed by atoms with Gasteiger partial charge in [0.2, 0.25) is 0 Å². The second-order valence-electron chi connectivity index (χ2n) is 8.94. The van der Waals surface area contributed by atoms with Crippen molar-refractivity contribution in [2.24, 2.45) is 0 Å². The fraction of sp³-hybridized carbons (Fsp3) is 0.429. The molecule has 2 aliphatic rings. The lowest BCUT2D eigenvalue weighted by atomic mass is 9.95. The number of likely N-dealkylation sites (tertiary alicyclic amines) is 1. The maximum absolute atomic E-state index is 13.2. The van der Waals surface area contributed by atoms with Crippen molar-refractivity contribution in [2.75, 3.05) is 46.0 Å². The second-order valence-corrected chi connectivity index (χ2v) is 8.94. The number of carbonyl (C=O) groups is 2. The summed E-state index contributed by atoms with van der Waals surface area (Å²) in [5, 5.41) is 11.2. The van der Waals surface area contributed by atoms with Gasteiger partial charge in [-0.15, -0.1) is 0 Å². The molecule has 2 heterocycles. The summed E-state index contributed by atoms with van der Waals surface area (Å²) in [5.74, 6) is -0.668. The normalized spacial score (nSPS) is 20.4. The van der Waals surface area contributed by atoms with E-state index >= 15 is 0 Å². The van der Waals surface area contributed by atoms with E-state index < -0.39 is 17.7 Å². The fourth-order valence-electron chi connectivity index (χ4n) is 4.58. The second kappa shape index (κ2) is 12.0. The highest BCUT2D eigenvalue weighted by Gasteiger charge is 2.45. The van der Waals surface area contributed by atoms with E-state index in [-0.39, 0.29) is 11.3 Å². The van der Waals surface area contributed by atoms with Crippen LogP contribution in [-0.2, 0) is 14.3 Å². The highest BCUT2D eigenvalue weighted by atomic mass is 16.5. The number of carbonyl (C=O) groups excluding carboxylic acids is 2. The Morgan fingerprint density at radius 3 is 2.40 bits per heavy atom. The van der Waals surface area contributed by atoms with Crippen molar-refractivity contribution >= 4 is 17.4 Å². The number of hydrogen-bond acceptors (Lipinski definition) is 6. The van der Waals surface area contributed by atoms with Gasteiger partial charge in [0.15, 0.2) is 0 Å². The number of ether oxygens (including phenoxy) is 2. The monoisotopic (exact) mass is 478 g/mol. The molecular weight excluding hydrogens is 444 g/mol. The van der Waals surface area contributed by atoms with E-state index in [2.05, 4.69) is 11.8 Å². The first kappa shape index (κ1) is 24.9. The lowest BCUT2D eigenvalue weighted by molar-refractivity contribution is -0.140. The van der Waals surface area contributed by atoms with Crippen LogP contribution < -0.4 is 4.74 Å². The van der Waals surface area contributed by atoms with Crippen LogP contribution in [0.4, 0.5) is 0 Å². The molecular formula is C28H34N2O5. The smallest absolute Gasteiger partial charge is 0.295 e. The molecule has 7 heteroatoms. The molecule has 35 heavy (non-hydrogen) atoms. The predicted octanol–water partition coefficient (Wildman–Crippen LogP) is 4.01. The molecule has 186 valence electrons. The Morgan fingerprint density at radius 1 is 1.00 bits per heavy atom. The molecule has 0 aromatic heterocycles. The van der Waals surface area contributed by atoms with Gasteiger partial charge in [-0.05, 0) is 42.7 Å². The van der Waals surface area contributed by atoms with Crippen LogP contribution in [0.15, 0.2) is 60.2 Å². The SMILES string of the molecule is CCCCOc1ccc(/C(O)=C2\C(=O)C(=O)N(CCCN3CCOCC3)C2c2ccccc2)cc1. The maximum Gasteiger partial charge on any atom is 0.295 e. The van der Waals surface area contributed by atoms with Gasteiger partial charge in [-0.3, -0.25) is 14.5 Å². The lowest BCUT2D eigenvalue weighted by Gasteiger charge is -2.29. The van der Waals surface area contributed by atoms with Crippen molar-refractivity contribution in [3.63, 3.8) is 0 Å². The van der Waals surface area contributed by atoms with Crippen molar-refractivity contribution in [3.8, 4) is 5.75 Å². The van der Waals surface area contributed by atoms with E-state index in [1.54, 1.807) is 29.2 Å². The van der Waals surface area contributed by atoms with E-state index in [1.165, 1.54) is 0 Å². The third kappa shape index (κ3) is 5.92. The number of benzene rings is 2. The zero-order chi connectivity index (χ0) is 24.6. The van der Waals surface area contributed by atoms with Crippen molar-refractivity contribution < 1.29 is 24.2 Å². The Kier molecular flexibility index (Phi) is 8.55. The number of ketones is 1. The van der Waals surface area contributed by atoms with Crippen LogP contribution in [-0.4, -0.2) is 72.6 Å². The van der Waals surface area contributed by atoms with Crippen molar-refractivity contribution in [1.29, 1.82) is 0 Å². The van der Waals surface area contributed by atoms with Gasteiger partial charge in [-0.2, -0.15) is 0 Å². The molecule has 1 atom stereocenters. The first-order chi connectivity index (χ1) is 17.1. The van der Waals surface area contributed by atoms with Gasteiger partial charge in [-0.25, -0.2) is 0 Å². The molecule has 0 spiro atoms. The number of unbranched alkanes of at least 4 members (excludes halogenated alkanes) is 1. The number of hydrogen-bond donors (Lipinski definition) is 1. The van der Waals surface area contributed by atoms with Gasteiger partial charge in [0.05, 0.1) is 31.4 Å². The van der Waals surface area contributed by atoms with Crippen LogP contribution in [0.5, 0.6) is 5.75 Å². The highest BCUT2D eigenvalue weighted by Crippen LogP contribution is 2.39. The van der Waals surface area contributed by atoms with Gasteiger partial charge in [-0.1, -0.05) is 43.7 Å². The Hall–Kier alpha value is -3.16. The van der Waals surface area contributed by atoms with Crippen molar-refractivity contribution in [2.45, 2.75) is 32.2 Å². The van der Waals surface area contributed by atoms with Crippen LogP contribution in [0.2, 0.25) is 0 Å². The summed E-state index contributed by atoms with van der Waals surface area (Å²) in [5.41, 5.74) is 1.42. The van der Waals surface area contributed by atoms with E-state index in [0.29, 0.717) is 24.5 Å². The number of Topliss-reactive ketones (excluding diaryl/α,β-unsaturated/α-hetero) is 1. The van der Waals surface area contributed by atoms with Gasteiger partial charge in [0.25, 0.3) is 11.7 Å². The van der Waals surface area contributed by atoms with E-state index in [1.807, 2.05) is 30.3 Å². The summed E-state index contributed by atoms with van der Waals surface area (Å²) in [4.78, 5) is 30.2. The summed E-state index contributed by atoms with van der Waals surface area (Å²) in [6, 6.07) is 15.8. The average molecular weight is 479 g/mol. The minimum atomic E-state index is -0.647. The quantitative estimate of drug-likeness (QED) is 0.241. The minimum Gasteiger partial charge on any atom is -0.507 e. The zero-order valence-corrected chi connectivity index (χ0v) is 20.3. The number of morpholine rings is 1. The topological polar surface area (TPSA) is 79.3 Å². The molecule has 0 radical (unpaired) electrons. The van der Waals surface area contributed by atoms with Gasteiger partial charge < -0.3 is 19.5 Å². The fourth-order valence-corrected chi connectivity index (χ4v) is 4.58. The molecule has 4 rings (SSSR count). The Balaban J connectivity index is 1.58. The summed E-state index contributed by atoms with van der Waals surface area (Å²) in [7, 11) is 0. The molecule has 2 saturated heterocycles. The van der Waals surface area contributed by atoms with Crippen molar-refractivity contribution in [3.05, 3.63) is 71.3 Å². The van der Waals surface area contributed by atoms with Gasteiger partial charge in [0, 0.05) is 31.7 Å².